The van der Waals surface area contributed by atoms with Gasteiger partial charge in [0.05, 0.1) is 4.92 Å². The third-order valence-corrected chi connectivity index (χ3v) is 4.03. The standard InChI is InChI=1S/C14H22BrN3O2/c1-4-17(10-14(2,3)9-16)8-11-5-6-12(18(19)20)7-13(11)15/h5-7H,4,8-10,16H2,1-3H3. The van der Waals surface area contributed by atoms with Crippen molar-refractivity contribution in [2.75, 3.05) is 19.6 Å². The molecule has 1 aromatic rings. The van der Waals surface area contributed by atoms with Crippen molar-refractivity contribution in [3.8, 4) is 0 Å². The highest BCUT2D eigenvalue weighted by atomic mass is 79.9. The summed E-state index contributed by atoms with van der Waals surface area (Å²) in [4.78, 5) is 12.6. The molecule has 0 spiro atoms. The molecule has 2 N–H and O–H groups in total. The third kappa shape index (κ3) is 4.85. The molecule has 0 saturated heterocycles. The average Bonchev–Trinajstić information content (AvgIpc) is 2.39. The minimum absolute atomic E-state index is 0.0588. The molecular weight excluding hydrogens is 322 g/mol. The van der Waals surface area contributed by atoms with E-state index in [-0.39, 0.29) is 16.0 Å². The Bertz CT molecular complexity index is 477. The van der Waals surface area contributed by atoms with Gasteiger partial charge >= 0.3 is 0 Å². The van der Waals surface area contributed by atoms with Crippen LogP contribution in [0.5, 0.6) is 0 Å². The zero-order chi connectivity index (χ0) is 15.3. The van der Waals surface area contributed by atoms with Gasteiger partial charge in [-0.1, -0.05) is 36.7 Å². The summed E-state index contributed by atoms with van der Waals surface area (Å²) in [5.41, 5.74) is 6.98. The summed E-state index contributed by atoms with van der Waals surface area (Å²) in [5, 5.41) is 10.7. The second-order valence-electron chi connectivity index (χ2n) is 5.70. The summed E-state index contributed by atoms with van der Waals surface area (Å²) in [5.74, 6) is 0. The highest BCUT2D eigenvalue weighted by Crippen LogP contribution is 2.25. The van der Waals surface area contributed by atoms with Crippen molar-refractivity contribution in [1.29, 1.82) is 0 Å². The van der Waals surface area contributed by atoms with Crippen molar-refractivity contribution in [2.45, 2.75) is 27.3 Å². The molecular formula is C14H22BrN3O2. The lowest BCUT2D eigenvalue weighted by Gasteiger charge is -2.31. The third-order valence-electron chi connectivity index (χ3n) is 3.29. The predicted molar refractivity (Wildman–Crippen MR) is 84.6 cm³/mol. The Labute approximate surface area is 128 Å². The first-order valence-corrected chi connectivity index (χ1v) is 7.43. The molecule has 0 aliphatic carbocycles. The van der Waals surface area contributed by atoms with Gasteiger partial charge in [-0.3, -0.25) is 15.0 Å². The van der Waals surface area contributed by atoms with E-state index in [1.54, 1.807) is 18.2 Å². The molecule has 0 aliphatic heterocycles. The Morgan fingerprint density at radius 2 is 2.10 bits per heavy atom. The number of benzene rings is 1. The SMILES string of the molecule is CCN(Cc1ccc([N+](=O)[O-])cc1Br)CC(C)(C)CN. The molecule has 0 unspecified atom stereocenters. The van der Waals surface area contributed by atoms with E-state index in [4.69, 9.17) is 5.73 Å². The summed E-state index contributed by atoms with van der Waals surface area (Å²) in [7, 11) is 0. The normalized spacial score (nSPS) is 11.9. The number of rotatable bonds is 7. The number of hydrogen-bond acceptors (Lipinski definition) is 4. The maximum atomic E-state index is 10.7. The molecule has 0 fully saturated rings. The lowest BCUT2D eigenvalue weighted by atomic mass is 9.93. The molecule has 0 amide bonds. The van der Waals surface area contributed by atoms with Gasteiger partial charge in [0, 0.05) is 29.7 Å². The zero-order valence-corrected chi connectivity index (χ0v) is 13.8. The number of non-ortho nitro benzene ring substituents is 1. The van der Waals surface area contributed by atoms with Crippen LogP contribution in [0.4, 0.5) is 5.69 Å². The van der Waals surface area contributed by atoms with Gasteiger partial charge in [0.15, 0.2) is 0 Å². The highest BCUT2D eigenvalue weighted by molar-refractivity contribution is 9.10. The van der Waals surface area contributed by atoms with Gasteiger partial charge in [0.25, 0.3) is 5.69 Å². The number of nitro groups is 1. The van der Waals surface area contributed by atoms with Crippen LogP contribution in [-0.4, -0.2) is 29.5 Å². The lowest BCUT2D eigenvalue weighted by Crippen LogP contribution is -2.38. The van der Waals surface area contributed by atoms with Crippen LogP contribution in [0.3, 0.4) is 0 Å². The maximum Gasteiger partial charge on any atom is 0.270 e. The fourth-order valence-corrected chi connectivity index (χ4v) is 2.46. The minimum atomic E-state index is -0.385. The Morgan fingerprint density at radius 1 is 1.45 bits per heavy atom. The molecule has 0 bridgehead atoms. The Morgan fingerprint density at radius 3 is 2.55 bits per heavy atom. The number of nitro benzene ring substituents is 1. The predicted octanol–water partition coefficient (Wildman–Crippen LogP) is 3.16. The number of nitrogens with two attached hydrogens (primary N) is 1. The number of hydrogen-bond donors (Lipinski definition) is 1. The molecule has 6 heteroatoms. The van der Waals surface area contributed by atoms with E-state index in [1.165, 1.54) is 0 Å². The largest absolute Gasteiger partial charge is 0.330 e. The molecule has 0 aliphatic rings. The van der Waals surface area contributed by atoms with Crippen molar-refractivity contribution in [3.63, 3.8) is 0 Å². The van der Waals surface area contributed by atoms with Crippen LogP contribution >= 0.6 is 15.9 Å². The van der Waals surface area contributed by atoms with E-state index in [2.05, 4.69) is 41.6 Å². The molecule has 20 heavy (non-hydrogen) atoms. The van der Waals surface area contributed by atoms with Crippen LogP contribution in [-0.2, 0) is 6.54 Å². The lowest BCUT2D eigenvalue weighted by molar-refractivity contribution is -0.384. The summed E-state index contributed by atoms with van der Waals surface area (Å²) >= 11 is 3.41. The van der Waals surface area contributed by atoms with Gasteiger partial charge in [0.2, 0.25) is 0 Å². The van der Waals surface area contributed by atoms with Crippen LogP contribution < -0.4 is 5.73 Å². The molecule has 0 atom stereocenters. The Kier molecular flexibility index (Phi) is 6.10. The fraction of sp³-hybridized carbons (Fsp3) is 0.571. The zero-order valence-electron chi connectivity index (χ0n) is 12.2. The van der Waals surface area contributed by atoms with Crippen molar-refractivity contribution in [3.05, 3.63) is 38.3 Å². The summed E-state index contributed by atoms with van der Waals surface area (Å²) in [6.45, 7) is 9.56. The first-order valence-electron chi connectivity index (χ1n) is 6.64. The second-order valence-corrected chi connectivity index (χ2v) is 6.56. The van der Waals surface area contributed by atoms with E-state index >= 15 is 0 Å². The van der Waals surface area contributed by atoms with Crippen LogP contribution in [0, 0.1) is 15.5 Å². The van der Waals surface area contributed by atoms with E-state index in [0.717, 1.165) is 29.7 Å². The highest BCUT2D eigenvalue weighted by Gasteiger charge is 2.20. The molecule has 1 aromatic carbocycles. The van der Waals surface area contributed by atoms with Crippen molar-refractivity contribution >= 4 is 21.6 Å². The van der Waals surface area contributed by atoms with Gasteiger partial charge in [-0.25, -0.2) is 0 Å². The van der Waals surface area contributed by atoms with Crippen molar-refractivity contribution in [2.24, 2.45) is 11.1 Å². The molecule has 0 aromatic heterocycles. The molecule has 5 nitrogen and oxygen atoms in total. The smallest absolute Gasteiger partial charge is 0.270 e. The molecule has 0 saturated carbocycles. The fourth-order valence-electron chi connectivity index (χ4n) is 1.97. The Hall–Kier alpha value is -0.980. The van der Waals surface area contributed by atoms with Crippen LogP contribution in [0.15, 0.2) is 22.7 Å². The van der Waals surface area contributed by atoms with Crippen molar-refractivity contribution in [1.82, 2.24) is 4.90 Å². The summed E-state index contributed by atoms with van der Waals surface area (Å²) in [6, 6.07) is 4.90. The van der Waals surface area contributed by atoms with Crippen LogP contribution in [0.25, 0.3) is 0 Å². The first kappa shape index (κ1) is 17.1. The van der Waals surface area contributed by atoms with Gasteiger partial charge in [-0.2, -0.15) is 0 Å². The molecule has 112 valence electrons. The van der Waals surface area contributed by atoms with Gasteiger partial charge in [-0.15, -0.1) is 0 Å². The van der Waals surface area contributed by atoms with Crippen LogP contribution in [0.2, 0.25) is 0 Å². The van der Waals surface area contributed by atoms with Gasteiger partial charge < -0.3 is 5.73 Å². The topological polar surface area (TPSA) is 72.4 Å². The molecule has 0 radical (unpaired) electrons. The van der Waals surface area contributed by atoms with Crippen molar-refractivity contribution < 1.29 is 4.92 Å². The summed E-state index contributed by atoms with van der Waals surface area (Å²) < 4.78 is 0.774. The number of nitrogens with zero attached hydrogens (tertiary/aromatic N) is 2. The molecule has 0 heterocycles. The first-order chi connectivity index (χ1) is 9.29. The van der Waals surface area contributed by atoms with E-state index in [9.17, 15) is 10.1 Å². The van der Waals surface area contributed by atoms with E-state index in [0.29, 0.717) is 6.54 Å². The second kappa shape index (κ2) is 7.15. The van der Waals surface area contributed by atoms with E-state index < -0.39 is 0 Å². The quantitative estimate of drug-likeness (QED) is 0.609. The van der Waals surface area contributed by atoms with Gasteiger partial charge in [0.1, 0.15) is 0 Å². The van der Waals surface area contributed by atoms with Gasteiger partial charge in [-0.05, 0) is 30.1 Å². The maximum absolute atomic E-state index is 10.7. The van der Waals surface area contributed by atoms with E-state index in [1.807, 2.05) is 0 Å². The summed E-state index contributed by atoms with van der Waals surface area (Å²) in [6.07, 6.45) is 0. The Balaban J connectivity index is 2.83. The monoisotopic (exact) mass is 343 g/mol. The van der Waals surface area contributed by atoms with Crippen LogP contribution in [0.1, 0.15) is 26.3 Å². The minimum Gasteiger partial charge on any atom is -0.330 e. The average molecular weight is 344 g/mol. The number of halogens is 1. The molecule has 1 rings (SSSR count).